The van der Waals surface area contributed by atoms with Crippen LogP contribution in [0.2, 0.25) is 0 Å². The van der Waals surface area contributed by atoms with Crippen molar-refractivity contribution >= 4 is 5.96 Å². The lowest BCUT2D eigenvalue weighted by atomic mass is 10.1. The number of benzene rings is 1. The Morgan fingerprint density at radius 1 is 1.29 bits per heavy atom. The molecular formula is C17H24FN5O. The van der Waals surface area contributed by atoms with E-state index in [0.29, 0.717) is 23.8 Å². The molecule has 7 heteroatoms. The molecule has 1 aromatic carbocycles. The number of aromatic nitrogens is 2. The molecule has 0 atom stereocenters. The zero-order valence-electron chi connectivity index (χ0n) is 14.4. The van der Waals surface area contributed by atoms with Gasteiger partial charge in [-0.15, -0.1) is 0 Å². The number of halogens is 1. The van der Waals surface area contributed by atoms with Crippen LogP contribution >= 0.6 is 0 Å². The fourth-order valence-electron chi connectivity index (χ4n) is 2.21. The maximum Gasteiger partial charge on any atom is 0.226 e. The molecule has 2 N–H and O–H groups in total. The molecule has 0 aliphatic rings. The lowest BCUT2D eigenvalue weighted by Gasteiger charge is -2.11. The Bertz CT molecular complexity index is 683. The van der Waals surface area contributed by atoms with Crippen molar-refractivity contribution in [3.05, 3.63) is 46.9 Å². The number of hydrogen-bond acceptors (Lipinski definition) is 4. The highest BCUT2D eigenvalue weighted by molar-refractivity contribution is 5.79. The first-order valence-electron chi connectivity index (χ1n) is 8.15. The Kier molecular flexibility index (Phi) is 6.72. The molecule has 0 spiro atoms. The van der Waals surface area contributed by atoms with Crippen LogP contribution < -0.4 is 10.6 Å². The van der Waals surface area contributed by atoms with Gasteiger partial charge in [-0.3, -0.25) is 0 Å². The second-order valence-electron chi connectivity index (χ2n) is 5.54. The van der Waals surface area contributed by atoms with E-state index in [-0.39, 0.29) is 5.82 Å². The molecule has 130 valence electrons. The van der Waals surface area contributed by atoms with Gasteiger partial charge in [0.15, 0.2) is 11.8 Å². The average Bonchev–Trinajstić information content (AvgIpc) is 2.97. The average molecular weight is 333 g/mol. The van der Waals surface area contributed by atoms with Gasteiger partial charge >= 0.3 is 0 Å². The molecule has 0 saturated heterocycles. The van der Waals surface area contributed by atoms with Crippen LogP contribution in [0.15, 0.2) is 27.7 Å². The third-order valence-corrected chi connectivity index (χ3v) is 3.42. The molecule has 24 heavy (non-hydrogen) atoms. The van der Waals surface area contributed by atoms with Crippen molar-refractivity contribution in [2.45, 2.75) is 40.2 Å². The maximum absolute atomic E-state index is 13.3. The maximum atomic E-state index is 13.3. The Balaban J connectivity index is 1.82. The van der Waals surface area contributed by atoms with Gasteiger partial charge in [0.2, 0.25) is 5.89 Å². The first-order valence-corrected chi connectivity index (χ1v) is 8.15. The van der Waals surface area contributed by atoms with Gasteiger partial charge < -0.3 is 15.2 Å². The number of aliphatic imine (C=N–C) groups is 1. The van der Waals surface area contributed by atoms with Gasteiger partial charge in [-0.05, 0) is 44.4 Å². The van der Waals surface area contributed by atoms with Crippen LogP contribution in [0.25, 0.3) is 0 Å². The number of rotatable bonds is 7. The smallest absolute Gasteiger partial charge is 0.226 e. The predicted octanol–water partition coefficient (Wildman–Crippen LogP) is 2.51. The van der Waals surface area contributed by atoms with Crippen LogP contribution in [0.3, 0.4) is 0 Å². The number of hydrogen-bond donors (Lipinski definition) is 2. The van der Waals surface area contributed by atoms with E-state index in [4.69, 9.17) is 4.52 Å². The first-order chi connectivity index (χ1) is 11.6. The van der Waals surface area contributed by atoms with Gasteiger partial charge in [0, 0.05) is 19.5 Å². The van der Waals surface area contributed by atoms with Gasteiger partial charge in [-0.25, -0.2) is 9.38 Å². The van der Waals surface area contributed by atoms with E-state index in [2.05, 4.69) is 25.8 Å². The summed E-state index contributed by atoms with van der Waals surface area (Å²) in [6.45, 7) is 7.59. The standard InChI is InChI=1S/C17H24FN5O/c1-4-19-17(20-9-5-6-16-22-13(3)23-24-16)21-11-14-7-8-15(18)12(2)10-14/h7-8,10H,4-6,9,11H2,1-3H3,(H2,19,20,21). The Morgan fingerprint density at radius 2 is 2.12 bits per heavy atom. The summed E-state index contributed by atoms with van der Waals surface area (Å²) in [6.07, 6.45) is 1.59. The van der Waals surface area contributed by atoms with Gasteiger partial charge in [-0.1, -0.05) is 17.3 Å². The molecule has 1 aromatic heterocycles. The summed E-state index contributed by atoms with van der Waals surface area (Å²) >= 11 is 0. The highest BCUT2D eigenvalue weighted by atomic mass is 19.1. The van der Waals surface area contributed by atoms with E-state index in [9.17, 15) is 4.39 Å². The van der Waals surface area contributed by atoms with Crippen molar-refractivity contribution in [3.63, 3.8) is 0 Å². The zero-order chi connectivity index (χ0) is 17.4. The monoisotopic (exact) mass is 333 g/mol. The molecule has 1 heterocycles. The minimum Gasteiger partial charge on any atom is -0.357 e. The van der Waals surface area contributed by atoms with E-state index in [1.165, 1.54) is 6.07 Å². The summed E-state index contributed by atoms with van der Waals surface area (Å²) in [5.41, 5.74) is 1.61. The van der Waals surface area contributed by atoms with Crippen molar-refractivity contribution < 1.29 is 8.91 Å². The van der Waals surface area contributed by atoms with Crippen molar-refractivity contribution in [2.24, 2.45) is 4.99 Å². The van der Waals surface area contributed by atoms with E-state index in [0.717, 1.165) is 37.5 Å². The summed E-state index contributed by atoms with van der Waals surface area (Å²) in [7, 11) is 0. The third kappa shape index (κ3) is 5.64. The largest absolute Gasteiger partial charge is 0.357 e. The summed E-state index contributed by atoms with van der Waals surface area (Å²) in [6, 6.07) is 5.06. The SMILES string of the molecule is CCNC(=NCc1ccc(F)c(C)c1)NCCCc1nc(C)no1. The molecule has 0 aliphatic carbocycles. The van der Waals surface area contributed by atoms with Gasteiger partial charge in [0.25, 0.3) is 0 Å². The molecule has 2 aromatic rings. The third-order valence-electron chi connectivity index (χ3n) is 3.42. The molecule has 6 nitrogen and oxygen atoms in total. The highest BCUT2D eigenvalue weighted by Gasteiger charge is 2.03. The summed E-state index contributed by atoms with van der Waals surface area (Å²) in [5, 5.41) is 10.2. The second-order valence-corrected chi connectivity index (χ2v) is 5.54. The van der Waals surface area contributed by atoms with Crippen molar-refractivity contribution in [2.75, 3.05) is 13.1 Å². The molecule has 0 unspecified atom stereocenters. The van der Waals surface area contributed by atoms with Crippen molar-refractivity contribution in [3.8, 4) is 0 Å². The van der Waals surface area contributed by atoms with Crippen LogP contribution in [0, 0.1) is 19.7 Å². The van der Waals surface area contributed by atoms with E-state index in [1.54, 1.807) is 19.9 Å². The Morgan fingerprint density at radius 3 is 2.79 bits per heavy atom. The Hall–Kier alpha value is -2.44. The number of nitrogens with one attached hydrogen (secondary N) is 2. The zero-order valence-corrected chi connectivity index (χ0v) is 14.4. The van der Waals surface area contributed by atoms with Crippen LogP contribution in [-0.4, -0.2) is 29.2 Å². The van der Waals surface area contributed by atoms with Crippen LogP contribution in [0.4, 0.5) is 4.39 Å². The van der Waals surface area contributed by atoms with Crippen molar-refractivity contribution in [1.82, 2.24) is 20.8 Å². The van der Waals surface area contributed by atoms with Crippen molar-refractivity contribution in [1.29, 1.82) is 0 Å². The van der Waals surface area contributed by atoms with Crippen LogP contribution in [0.1, 0.15) is 36.2 Å². The second kappa shape index (κ2) is 9.00. The summed E-state index contributed by atoms with van der Waals surface area (Å²) in [5.74, 6) is 1.85. The number of aryl methyl sites for hydroxylation is 3. The molecule has 0 fully saturated rings. The quantitative estimate of drug-likeness (QED) is 0.463. The number of nitrogens with zero attached hydrogens (tertiary/aromatic N) is 3. The molecule has 0 aliphatic heterocycles. The first kappa shape index (κ1) is 17.9. The van der Waals surface area contributed by atoms with E-state index >= 15 is 0 Å². The molecular weight excluding hydrogens is 309 g/mol. The minimum atomic E-state index is -0.191. The molecule has 0 saturated carbocycles. The van der Waals surface area contributed by atoms with Gasteiger partial charge in [0.05, 0.1) is 6.54 Å². The summed E-state index contributed by atoms with van der Waals surface area (Å²) in [4.78, 5) is 8.70. The normalized spacial score (nSPS) is 11.6. The molecule has 2 rings (SSSR count). The van der Waals surface area contributed by atoms with Crippen LogP contribution in [0.5, 0.6) is 0 Å². The summed E-state index contributed by atoms with van der Waals surface area (Å²) < 4.78 is 18.4. The fraction of sp³-hybridized carbons (Fsp3) is 0.471. The minimum absolute atomic E-state index is 0.191. The molecule has 0 radical (unpaired) electrons. The van der Waals surface area contributed by atoms with E-state index in [1.807, 2.05) is 13.0 Å². The van der Waals surface area contributed by atoms with Gasteiger partial charge in [0.1, 0.15) is 5.82 Å². The van der Waals surface area contributed by atoms with Crippen LogP contribution in [-0.2, 0) is 13.0 Å². The number of guanidine groups is 1. The fourth-order valence-corrected chi connectivity index (χ4v) is 2.21. The lowest BCUT2D eigenvalue weighted by Crippen LogP contribution is -2.37. The molecule has 0 amide bonds. The van der Waals surface area contributed by atoms with Gasteiger partial charge in [-0.2, -0.15) is 4.98 Å². The Labute approximate surface area is 141 Å². The lowest BCUT2D eigenvalue weighted by molar-refractivity contribution is 0.372. The topological polar surface area (TPSA) is 75.3 Å². The molecule has 0 bridgehead atoms. The van der Waals surface area contributed by atoms with E-state index < -0.39 is 0 Å². The highest BCUT2D eigenvalue weighted by Crippen LogP contribution is 2.10. The predicted molar refractivity (Wildman–Crippen MR) is 91.3 cm³/mol.